The average Bonchev–Trinajstić information content (AvgIpc) is 2.97. The van der Waals surface area contributed by atoms with E-state index >= 15 is 0 Å². The number of carbonyl (C=O) groups is 2. The monoisotopic (exact) mass is 347 g/mol. The molecule has 2 heterocycles. The van der Waals surface area contributed by atoms with Gasteiger partial charge >= 0.3 is 6.18 Å². The molecule has 0 bridgehead atoms. The summed E-state index contributed by atoms with van der Waals surface area (Å²) in [6, 6.07) is 0.845. The van der Waals surface area contributed by atoms with Crippen molar-refractivity contribution in [2.45, 2.75) is 19.6 Å². The Kier molecular flexibility index (Phi) is 5.81. The van der Waals surface area contributed by atoms with Gasteiger partial charge in [-0.25, -0.2) is 0 Å². The summed E-state index contributed by atoms with van der Waals surface area (Å²) in [5, 5.41) is 6.08. The van der Waals surface area contributed by atoms with Crippen LogP contribution in [0.5, 0.6) is 0 Å². The first-order valence-corrected chi connectivity index (χ1v) is 7.67. The molecule has 10 heteroatoms. The number of hydrogen-bond acceptors (Lipinski definition) is 4. The summed E-state index contributed by atoms with van der Waals surface area (Å²) in [4.78, 5) is 27.2. The summed E-state index contributed by atoms with van der Waals surface area (Å²) in [5.74, 6) is -0.349. The maximum absolute atomic E-state index is 12.5. The van der Waals surface area contributed by atoms with Gasteiger partial charge in [-0.3, -0.25) is 19.2 Å². The Hall–Kier alpha value is -2.10. The molecule has 1 aromatic heterocycles. The van der Waals surface area contributed by atoms with Gasteiger partial charge in [-0.15, -0.1) is 0 Å². The smallest absolute Gasteiger partial charge is 0.355 e. The van der Waals surface area contributed by atoms with E-state index in [0.717, 1.165) is 16.9 Å². The lowest BCUT2D eigenvalue weighted by Gasteiger charge is -2.34. The van der Waals surface area contributed by atoms with Gasteiger partial charge in [0.25, 0.3) is 0 Å². The molecule has 1 aromatic rings. The van der Waals surface area contributed by atoms with E-state index in [1.165, 1.54) is 0 Å². The average molecular weight is 347 g/mol. The maximum Gasteiger partial charge on any atom is 0.435 e. The number of nitrogens with zero attached hydrogens (tertiary/aromatic N) is 4. The lowest BCUT2D eigenvalue weighted by molar-refractivity contribution is -0.142. The van der Waals surface area contributed by atoms with Crippen LogP contribution < -0.4 is 5.32 Å². The predicted octanol–water partition coefficient (Wildman–Crippen LogP) is 0.182. The molecule has 24 heavy (non-hydrogen) atoms. The minimum Gasteiger partial charge on any atom is -0.355 e. The molecule has 7 nitrogen and oxygen atoms in total. The summed E-state index contributed by atoms with van der Waals surface area (Å²) in [5.41, 5.74) is -1.01. The van der Waals surface area contributed by atoms with Crippen molar-refractivity contribution >= 4 is 11.8 Å². The van der Waals surface area contributed by atoms with Gasteiger partial charge in [0, 0.05) is 38.9 Å². The highest BCUT2D eigenvalue weighted by Crippen LogP contribution is 2.27. The highest BCUT2D eigenvalue weighted by molar-refractivity contribution is 5.78. The Bertz CT molecular complexity index is 579. The fraction of sp³-hybridized carbons (Fsp3) is 0.643. The summed E-state index contributed by atoms with van der Waals surface area (Å²) < 4.78 is 38.5. The van der Waals surface area contributed by atoms with Gasteiger partial charge in [-0.2, -0.15) is 18.3 Å². The minimum absolute atomic E-state index is 0.0616. The van der Waals surface area contributed by atoms with Crippen molar-refractivity contribution in [3.8, 4) is 0 Å². The Morgan fingerprint density at radius 1 is 1.21 bits per heavy atom. The molecule has 0 saturated carbocycles. The number of carbonyl (C=O) groups excluding carboxylic acids is 2. The minimum atomic E-state index is -4.51. The van der Waals surface area contributed by atoms with Crippen LogP contribution in [0, 0.1) is 0 Å². The van der Waals surface area contributed by atoms with Gasteiger partial charge in [0.15, 0.2) is 5.69 Å². The maximum atomic E-state index is 12.5. The number of rotatable bonds is 5. The molecular weight excluding hydrogens is 327 g/mol. The van der Waals surface area contributed by atoms with Crippen LogP contribution >= 0.6 is 0 Å². The van der Waals surface area contributed by atoms with Crippen molar-refractivity contribution in [2.24, 2.45) is 0 Å². The molecule has 0 aliphatic carbocycles. The van der Waals surface area contributed by atoms with Crippen LogP contribution in [0.25, 0.3) is 0 Å². The van der Waals surface area contributed by atoms with Crippen LogP contribution in [-0.2, 0) is 22.3 Å². The number of halogens is 3. The number of aromatic nitrogens is 2. The molecule has 0 aromatic carbocycles. The Balaban J connectivity index is 1.80. The number of hydrogen-bond donors (Lipinski definition) is 1. The first-order chi connectivity index (χ1) is 11.3. The van der Waals surface area contributed by atoms with E-state index < -0.39 is 11.9 Å². The molecular formula is C14H20F3N5O2. The molecule has 0 atom stereocenters. The molecule has 2 amide bonds. The molecule has 0 radical (unpaired) electrons. The van der Waals surface area contributed by atoms with Crippen LogP contribution in [0.3, 0.4) is 0 Å². The number of likely N-dealkylation sites (N-methyl/N-ethyl adjacent to an activating group) is 1. The third-order valence-electron chi connectivity index (χ3n) is 3.69. The van der Waals surface area contributed by atoms with E-state index in [1.54, 1.807) is 4.90 Å². The van der Waals surface area contributed by atoms with Crippen molar-refractivity contribution in [1.29, 1.82) is 0 Å². The second kappa shape index (κ2) is 7.65. The van der Waals surface area contributed by atoms with Gasteiger partial charge < -0.3 is 10.2 Å². The van der Waals surface area contributed by atoms with Crippen molar-refractivity contribution in [2.75, 3.05) is 39.3 Å². The van der Waals surface area contributed by atoms with Gasteiger partial charge in [0.05, 0.1) is 6.54 Å². The number of piperazine rings is 1. The third kappa shape index (κ3) is 4.95. The molecule has 1 fully saturated rings. The summed E-state index contributed by atoms with van der Waals surface area (Å²) in [7, 11) is 0. The second-order valence-electron chi connectivity index (χ2n) is 5.51. The van der Waals surface area contributed by atoms with E-state index in [-0.39, 0.29) is 24.9 Å². The molecule has 2 rings (SSSR count). The zero-order valence-corrected chi connectivity index (χ0v) is 13.3. The lowest BCUT2D eigenvalue weighted by atomic mass is 10.3. The zero-order chi connectivity index (χ0) is 17.7. The van der Waals surface area contributed by atoms with Crippen LogP contribution in [0.2, 0.25) is 0 Å². The fourth-order valence-electron chi connectivity index (χ4n) is 2.45. The molecule has 1 aliphatic heterocycles. The van der Waals surface area contributed by atoms with Crippen LogP contribution in [-0.4, -0.2) is 70.7 Å². The van der Waals surface area contributed by atoms with Crippen molar-refractivity contribution in [3.63, 3.8) is 0 Å². The van der Waals surface area contributed by atoms with E-state index in [1.807, 2.05) is 11.8 Å². The number of amides is 2. The first-order valence-electron chi connectivity index (χ1n) is 7.67. The summed E-state index contributed by atoms with van der Waals surface area (Å²) in [6.07, 6.45) is -3.37. The quantitative estimate of drug-likeness (QED) is 0.825. The second-order valence-corrected chi connectivity index (χ2v) is 5.51. The fourth-order valence-corrected chi connectivity index (χ4v) is 2.45. The zero-order valence-electron chi connectivity index (χ0n) is 13.3. The summed E-state index contributed by atoms with van der Waals surface area (Å²) >= 11 is 0. The van der Waals surface area contributed by atoms with E-state index in [0.29, 0.717) is 32.7 Å². The molecule has 1 saturated heterocycles. The predicted molar refractivity (Wildman–Crippen MR) is 78.9 cm³/mol. The topological polar surface area (TPSA) is 70.5 Å². The Morgan fingerprint density at radius 2 is 1.88 bits per heavy atom. The highest BCUT2D eigenvalue weighted by Gasteiger charge is 2.33. The van der Waals surface area contributed by atoms with Crippen molar-refractivity contribution in [3.05, 3.63) is 18.0 Å². The van der Waals surface area contributed by atoms with Crippen molar-refractivity contribution < 1.29 is 22.8 Å². The van der Waals surface area contributed by atoms with Gasteiger partial charge in [-0.05, 0) is 13.0 Å². The Labute approximate surface area is 137 Å². The van der Waals surface area contributed by atoms with Gasteiger partial charge in [0.1, 0.15) is 6.54 Å². The highest BCUT2D eigenvalue weighted by atomic mass is 19.4. The van der Waals surface area contributed by atoms with E-state index in [2.05, 4.69) is 10.4 Å². The Morgan fingerprint density at radius 3 is 2.42 bits per heavy atom. The van der Waals surface area contributed by atoms with Gasteiger partial charge in [0.2, 0.25) is 11.8 Å². The van der Waals surface area contributed by atoms with Gasteiger partial charge in [-0.1, -0.05) is 0 Å². The first kappa shape index (κ1) is 18.2. The molecule has 0 spiro atoms. The van der Waals surface area contributed by atoms with Crippen LogP contribution in [0.1, 0.15) is 12.6 Å². The standard InChI is InChI=1S/C14H20F3N5O2/c1-2-18-12(23)9-20-5-7-21(8-6-20)13(24)10-22-4-3-11(19-22)14(15,16)17/h3-4H,2,5-10H2,1H3,(H,18,23). The largest absolute Gasteiger partial charge is 0.435 e. The normalized spacial score (nSPS) is 16.2. The SMILES string of the molecule is CCNC(=O)CN1CCN(C(=O)Cn2ccc(C(F)(F)F)n2)CC1. The molecule has 1 N–H and O–H groups in total. The van der Waals surface area contributed by atoms with E-state index in [4.69, 9.17) is 0 Å². The van der Waals surface area contributed by atoms with Crippen molar-refractivity contribution in [1.82, 2.24) is 24.9 Å². The number of nitrogens with one attached hydrogen (secondary N) is 1. The lowest BCUT2D eigenvalue weighted by Crippen LogP contribution is -2.51. The third-order valence-corrected chi connectivity index (χ3v) is 3.69. The molecule has 0 unspecified atom stereocenters. The molecule has 1 aliphatic rings. The molecule has 134 valence electrons. The van der Waals surface area contributed by atoms with Crippen LogP contribution in [0.15, 0.2) is 12.3 Å². The van der Waals surface area contributed by atoms with E-state index in [9.17, 15) is 22.8 Å². The number of alkyl halides is 3. The summed E-state index contributed by atoms with van der Waals surface area (Å²) in [6.45, 7) is 4.44. The van der Waals surface area contributed by atoms with Crippen LogP contribution in [0.4, 0.5) is 13.2 Å².